The Bertz CT molecular complexity index is 976. The fourth-order valence-corrected chi connectivity index (χ4v) is 3.75. The third-order valence-electron chi connectivity index (χ3n) is 3.69. The van der Waals surface area contributed by atoms with Crippen molar-refractivity contribution < 1.29 is 27.0 Å². The zero-order chi connectivity index (χ0) is 20.3. The van der Waals surface area contributed by atoms with Crippen LogP contribution in [0.4, 0.5) is 22.7 Å². The Labute approximate surface area is 166 Å². The van der Waals surface area contributed by atoms with Crippen molar-refractivity contribution in [3.63, 3.8) is 0 Å². The predicted octanol–water partition coefficient (Wildman–Crippen LogP) is 6.10. The largest absolute Gasteiger partial charge is 0.493 e. The van der Waals surface area contributed by atoms with Gasteiger partial charge in [-0.05, 0) is 48.3 Å². The van der Waals surface area contributed by atoms with Crippen molar-refractivity contribution >= 4 is 28.4 Å². The fourth-order valence-electron chi connectivity index (χ4n) is 2.32. The van der Waals surface area contributed by atoms with Gasteiger partial charge in [-0.3, -0.25) is 0 Å². The molecule has 3 aromatic rings. The molecule has 0 unspecified atom stereocenters. The number of methoxy groups -OCH3 is 2. The van der Waals surface area contributed by atoms with Crippen LogP contribution in [0, 0.1) is 5.82 Å². The molecule has 0 aliphatic carbocycles. The minimum Gasteiger partial charge on any atom is -0.493 e. The van der Waals surface area contributed by atoms with Crippen LogP contribution in [0.2, 0.25) is 0 Å². The fraction of sp³-hybridized carbons (Fsp3) is 0.167. The molecule has 0 aliphatic heterocycles. The molecule has 4 nitrogen and oxygen atoms in total. The maximum absolute atomic E-state index is 14.0. The predicted molar refractivity (Wildman–Crippen MR) is 102 cm³/mol. The highest BCUT2D eigenvalue weighted by molar-refractivity contribution is 8.00. The van der Waals surface area contributed by atoms with E-state index in [1.54, 1.807) is 18.2 Å². The van der Waals surface area contributed by atoms with Gasteiger partial charge in [-0.2, -0.15) is 13.2 Å². The Kier molecular flexibility index (Phi) is 5.99. The van der Waals surface area contributed by atoms with Gasteiger partial charge in [-0.1, -0.05) is 0 Å². The van der Waals surface area contributed by atoms with Gasteiger partial charge in [0.2, 0.25) is 0 Å². The number of halogens is 4. The summed E-state index contributed by atoms with van der Waals surface area (Å²) in [6.45, 7) is 0. The van der Waals surface area contributed by atoms with Crippen molar-refractivity contribution in [1.29, 1.82) is 0 Å². The molecule has 0 radical (unpaired) electrons. The topological polar surface area (TPSA) is 43.4 Å². The second kappa shape index (κ2) is 8.27. The quantitative estimate of drug-likeness (QED) is 0.378. The average Bonchev–Trinajstić information content (AvgIpc) is 3.14. The molecule has 148 valence electrons. The van der Waals surface area contributed by atoms with E-state index in [0.29, 0.717) is 22.7 Å². The van der Waals surface area contributed by atoms with E-state index in [4.69, 9.17) is 9.47 Å². The van der Waals surface area contributed by atoms with Gasteiger partial charge in [0.25, 0.3) is 0 Å². The molecule has 1 heterocycles. The van der Waals surface area contributed by atoms with Crippen LogP contribution in [0.15, 0.2) is 46.7 Å². The number of nitrogens with one attached hydrogen (secondary N) is 1. The van der Waals surface area contributed by atoms with Crippen LogP contribution < -0.4 is 14.2 Å². The number of rotatable bonds is 6. The zero-order valence-electron chi connectivity index (χ0n) is 14.6. The smallest absolute Gasteiger partial charge is 0.416 e. The summed E-state index contributed by atoms with van der Waals surface area (Å²) >= 11 is 2.39. The highest BCUT2D eigenvalue weighted by Crippen LogP contribution is 2.36. The van der Waals surface area contributed by atoms with Gasteiger partial charge in [0.1, 0.15) is 5.82 Å². The number of thiazole rings is 1. The number of alkyl halides is 3. The summed E-state index contributed by atoms with van der Waals surface area (Å²) in [6, 6.07) is 7.57. The highest BCUT2D eigenvalue weighted by Gasteiger charge is 2.31. The van der Waals surface area contributed by atoms with Gasteiger partial charge >= 0.3 is 6.18 Å². The lowest BCUT2D eigenvalue weighted by Gasteiger charge is -2.09. The van der Waals surface area contributed by atoms with E-state index < -0.39 is 17.6 Å². The van der Waals surface area contributed by atoms with E-state index >= 15 is 0 Å². The molecule has 2 aromatic carbocycles. The SMILES string of the molecule is COc1ccc(SNc2nc(-c3cc(C(F)(F)F)ccc3F)cs2)cc1OC. The minimum absolute atomic E-state index is 0.129. The van der Waals surface area contributed by atoms with Crippen LogP contribution in [0.5, 0.6) is 11.5 Å². The maximum Gasteiger partial charge on any atom is 0.416 e. The van der Waals surface area contributed by atoms with Crippen molar-refractivity contribution in [2.24, 2.45) is 0 Å². The molecule has 0 spiro atoms. The molecule has 1 aromatic heterocycles. The molecule has 0 saturated heterocycles. The van der Waals surface area contributed by atoms with Gasteiger partial charge in [-0.25, -0.2) is 9.37 Å². The molecule has 0 saturated carbocycles. The Morgan fingerprint density at radius 1 is 1.04 bits per heavy atom. The van der Waals surface area contributed by atoms with Crippen LogP contribution in [0.25, 0.3) is 11.3 Å². The van der Waals surface area contributed by atoms with E-state index in [2.05, 4.69) is 9.71 Å². The third-order valence-corrected chi connectivity index (χ3v) is 5.36. The molecule has 0 atom stereocenters. The lowest BCUT2D eigenvalue weighted by molar-refractivity contribution is -0.137. The van der Waals surface area contributed by atoms with Gasteiger partial charge < -0.3 is 14.2 Å². The Morgan fingerprint density at radius 3 is 2.46 bits per heavy atom. The monoisotopic (exact) mass is 430 g/mol. The molecule has 1 N–H and O–H groups in total. The van der Waals surface area contributed by atoms with Gasteiger partial charge in [0, 0.05) is 15.8 Å². The van der Waals surface area contributed by atoms with Crippen molar-refractivity contribution in [2.75, 3.05) is 18.9 Å². The van der Waals surface area contributed by atoms with E-state index in [1.165, 1.54) is 31.5 Å². The molecular formula is C18H14F4N2O2S2. The molecule has 3 rings (SSSR count). The number of hydrogen-bond donors (Lipinski definition) is 1. The second-order valence-electron chi connectivity index (χ2n) is 5.45. The summed E-state index contributed by atoms with van der Waals surface area (Å²) in [5.41, 5.74) is -0.995. The molecular weight excluding hydrogens is 416 g/mol. The minimum atomic E-state index is -4.55. The van der Waals surface area contributed by atoms with E-state index in [9.17, 15) is 17.6 Å². The van der Waals surface area contributed by atoms with Crippen molar-refractivity contribution in [3.8, 4) is 22.8 Å². The van der Waals surface area contributed by atoms with Crippen molar-refractivity contribution in [3.05, 3.63) is 53.2 Å². The van der Waals surface area contributed by atoms with Crippen molar-refractivity contribution in [1.82, 2.24) is 4.98 Å². The molecule has 0 fully saturated rings. The lowest BCUT2D eigenvalue weighted by atomic mass is 10.1. The van der Waals surface area contributed by atoms with E-state index in [0.717, 1.165) is 28.4 Å². The van der Waals surface area contributed by atoms with Gasteiger partial charge in [-0.15, -0.1) is 11.3 Å². The summed E-state index contributed by atoms with van der Waals surface area (Å²) in [6.07, 6.45) is -4.55. The molecule has 10 heteroatoms. The maximum atomic E-state index is 14.0. The van der Waals surface area contributed by atoms with Gasteiger partial charge in [0.15, 0.2) is 16.6 Å². The van der Waals surface area contributed by atoms with Crippen LogP contribution in [-0.2, 0) is 6.18 Å². The van der Waals surface area contributed by atoms with Crippen LogP contribution in [-0.4, -0.2) is 19.2 Å². The summed E-state index contributed by atoms with van der Waals surface area (Å²) in [7, 11) is 3.06. The lowest BCUT2D eigenvalue weighted by Crippen LogP contribution is -2.05. The number of nitrogens with zero attached hydrogens (tertiary/aromatic N) is 1. The first kappa shape index (κ1) is 20.3. The first-order valence-electron chi connectivity index (χ1n) is 7.79. The standard InChI is InChI=1S/C18H14F4N2O2S2/c1-25-15-6-4-11(8-16(15)26-2)28-24-17-23-14(9-27-17)12-7-10(18(20,21)22)3-5-13(12)19/h3-9H,1-2H3,(H,23,24). The Balaban J connectivity index is 1.77. The number of anilines is 1. The highest BCUT2D eigenvalue weighted by atomic mass is 32.2. The number of ether oxygens (including phenoxy) is 2. The summed E-state index contributed by atoms with van der Waals surface area (Å²) < 4.78 is 66.0. The van der Waals surface area contributed by atoms with E-state index in [-0.39, 0.29) is 11.3 Å². The summed E-state index contributed by atoms with van der Waals surface area (Å²) in [5.74, 6) is 0.376. The number of hydrogen-bond acceptors (Lipinski definition) is 6. The first-order valence-corrected chi connectivity index (χ1v) is 9.49. The number of benzene rings is 2. The summed E-state index contributed by atoms with van der Waals surface area (Å²) in [5, 5.41) is 1.92. The third kappa shape index (κ3) is 4.50. The normalized spacial score (nSPS) is 11.4. The Morgan fingerprint density at radius 2 is 1.79 bits per heavy atom. The molecule has 0 amide bonds. The zero-order valence-corrected chi connectivity index (χ0v) is 16.3. The molecule has 28 heavy (non-hydrogen) atoms. The van der Waals surface area contributed by atoms with Crippen LogP contribution in [0.3, 0.4) is 0 Å². The molecule has 0 aliphatic rings. The Hall–Kier alpha value is -2.46. The number of aromatic nitrogens is 1. The summed E-state index contributed by atoms with van der Waals surface area (Å²) in [4.78, 5) is 4.98. The molecule has 0 bridgehead atoms. The van der Waals surface area contributed by atoms with E-state index in [1.807, 2.05) is 0 Å². The van der Waals surface area contributed by atoms with Crippen LogP contribution in [0.1, 0.15) is 5.56 Å². The van der Waals surface area contributed by atoms with Crippen molar-refractivity contribution in [2.45, 2.75) is 11.1 Å². The van der Waals surface area contributed by atoms with Crippen LogP contribution >= 0.6 is 23.3 Å². The van der Waals surface area contributed by atoms with Gasteiger partial charge in [0.05, 0.1) is 25.5 Å². The second-order valence-corrected chi connectivity index (χ2v) is 7.19. The first-order chi connectivity index (χ1) is 13.3. The average molecular weight is 430 g/mol.